The zero-order valence-electron chi connectivity index (χ0n) is 21.8. The van der Waals surface area contributed by atoms with Crippen molar-refractivity contribution in [3.05, 3.63) is 23.8 Å². The number of carbonyl (C=O) groups is 4. The second-order valence-corrected chi connectivity index (χ2v) is 12.0. The predicted molar refractivity (Wildman–Crippen MR) is 133 cm³/mol. The summed E-state index contributed by atoms with van der Waals surface area (Å²) in [6.45, 7) is 8.61. The highest BCUT2D eigenvalue weighted by molar-refractivity contribution is 6.26. The minimum absolute atomic E-state index is 0.0801. The number of alkyl halides is 1. The van der Waals surface area contributed by atoms with Gasteiger partial charge in [0.05, 0.1) is 11.0 Å². The van der Waals surface area contributed by atoms with E-state index in [-0.39, 0.29) is 42.8 Å². The van der Waals surface area contributed by atoms with Crippen molar-refractivity contribution in [3.63, 3.8) is 0 Å². The summed E-state index contributed by atoms with van der Waals surface area (Å²) in [5, 5.41) is 11.8. The van der Waals surface area contributed by atoms with Crippen molar-refractivity contribution < 1.29 is 33.8 Å². The minimum atomic E-state index is -1.55. The standard InChI is InChI=1S/C28H37ClO7/c1-6-23(33)35-15-22(32)28(36-24(34)7-2)16(3)12-20-19-9-8-17-13-18(30)10-11-25(17,4)27(19,29)21(31)14-26(20,28)5/h10-11,13,16,19-21,31H,6-9,12,14-15H2,1-5H3/t16-,19-,20+,21+,25+,26+,27-,28-/m1/s1. The van der Waals surface area contributed by atoms with Crippen molar-refractivity contribution in [1.82, 2.24) is 0 Å². The largest absolute Gasteiger partial charge is 0.457 e. The minimum Gasteiger partial charge on any atom is -0.457 e. The average Bonchev–Trinajstić information content (AvgIpc) is 3.05. The quantitative estimate of drug-likeness (QED) is 0.415. The fourth-order valence-corrected chi connectivity index (χ4v) is 8.53. The number of aliphatic hydroxyl groups excluding tert-OH is 1. The number of allylic oxidation sites excluding steroid dienone is 4. The van der Waals surface area contributed by atoms with Gasteiger partial charge < -0.3 is 14.6 Å². The SMILES string of the molecule is CCC(=O)OCC(=O)[C@]1(OC(=O)CC)[C@H](C)C[C@H]2[C@H]3CCC4=CC(=O)C=C[C@]4(C)[C@]3(Cl)[C@@H](O)C[C@@]21C. The van der Waals surface area contributed by atoms with Crippen LogP contribution in [0.1, 0.15) is 73.1 Å². The molecule has 4 aliphatic carbocycles. The number of aliphatic hydroxyl groups is 1. The van der Waals surface area contributed by atoms with Crippen LogP contribution in [0.4, 0.5) is 0 Å². The van der Waals surface area contributed by atoms with Gasteiger partial charge in [0.2, 0.25) is 5.78 Å². The van der Waals surface area contributed by atoms with Gasteiger partial charge in [-0.15, -0.1) is 11.6 Å². The Balaban J connectivity index is 1.80. The fourth-order valence-electron chi connectivity index (χ4n) is 8.01. The molecule has 0 saturated heterocycles. The van der Waals surface area contributed by atoms with Crippen LogP contribution in [0.15, 0.2) is 23.8 Å². The van der Waals surface area contributed by atoms with Crippen molar-refractivity contribution in [1.29, 1.82) is 0 Å². The number of Topliss-reactive ketones (excluding diaryl/α,β-unsaturated/α-hetero) is 1. The van der Waals surface area contributed by atoms with Gasteiger partial charge in [0, 0.05) is 29.6 Å². The lowest BCUT2D eigenvalue weighted by molar-refractivity contribution is -0.203. The van der Waals surface area contributed by atoms with E-state index in [0.29, 0.717) is 19.3 Å². The van der Waals surface area contributed by atoms with Crippen LogP contribution in [-0.4, -0.2) is 51.8 Å². The first-order valence-corrected chi connectivity index (χ1v) is 13.4. The van der Waals surface area contributed by atoms with E-state index < -0.39 is 51.7 Å². The Hall–Kier alpha value is -1.99. The zero-order chi connectivity index (χ0) is 26.7. The van der Waals surface area contributed by atoms with Gasteiger partial charge in [0.1, 0.15) is 0 Å². The lowest BCUT2D eigenvalue weighted by atomic mass is 9.45. The first-order chi connectivity index (χ1) is 16.8. The number of carbonyl (C=O) groups excluding carboxylic acids is 4. The molecule has 0 unspecified atom stereocenters. The Bertz CT molecular complexity index is 1050. The number of esters is 2. The summed E-state index contributed by atoms with van der Waals surface area (Å²) in [6.07, 6.45) is 6.18. The first kappa shape index (κ1) is 27.1. The number of halogens is 1. The van der Waals surface area contributed by atoms with Crippen LogP contribution < -0.4 is 0 Å². The molecule has 36 heavy (non-hydrogen) atoms. The molecule has 7 nitrogen and oxygen atoms in total. The molecule has 0 heterocycles. The molecule has 4 rings (SSSR count). The second kappa shape index (κ2) is 9.09. The van der Waals surface area contributed by atoms with Crippen LogP contribution >= 0.6 is 11.6 Å². The molecule has 3 saturated carbocycles. The summed E-state index contributed by atoms with van der Waals surface area (Å²) in [5.74, 6) is -2.24. The van der Waals surface area contributed by atoms with E-state index in [1.54, 1.807) is 19.9 Å². The molecule has 3 fully saturated rings. The summed E-state index contributed by atoms with van der Waals surface area (Å²) >= 11 is 7.48. The molecule has 0 amide bonds. The van der Waals surface area contributed by atoms with Gasteiger partial charge in [-0.25, -0.2) is 0 Å². The third-order valence-corrected chi connectivity index (χ3v) is 10.7. The summed E-state index contributed by atoms with van der Waals surface area (Å²) in [7, 11) is 0. The maximum absolute atomic E-state index is 13.9. The normalized spacial score (nSPS) is 43.1. The molecule has 8 heteroatoms. The van der Waals surface area contributed by atoms with E-state index in [2.05, 4.69) is 0 Å². The van der Waals surface area contributed by atoms with Crippen LogP contribution in [0.2, 0.25) is 0 Å². The Morgan fingerprint density at radius 2 is 1.81 bits per heavy atom. The summed E-state index contributed by atoms with van der Waals surface area (Å²) in [6, 6.07) is 0. The van der Waals surface area contributed by atoms with E-state index in [4.69, 9.17) is 21.1 Å². The molecule has 4 aliphatic rings. The molecule has 0 aromatic heterocycles. The lowest BCUT2D eigenvalue weighted by Gasteiger charge is -2.64. The summed E-state index contributed by atoms with van der Waals surface area (Å²) in [5.41, 5.74) is -2.27. The highest BCUT2D eigenvalue weighted by atomic mass is 35.5. The highest BCUT2D eigenvalue weighted by Gasteiger charge is 2.76. The molecule has 8 atom stereocenters. The zero-order valence-corrected chi connectivity index (χ0v) is 22.5. The molecule has 0 aromatic carbocycles. The Kier molecular flexibility index (Phi) is 6.83. The second-order valence-electron chi connectivity index (χ2n) is 11.4. The fraction of sp³-hybridized carbons (Fsp3) is 0.714. The number of rotatable bonds is 6. The number of fused-ring (bicyclic) bond motifs is 5. The van der Waals surface area contributed by atoms with E-state index in [9.17, 15) is 24.3 Å². The Labute approximate surface area is 217 Å². The number of hydrogen-bond donors (Lipinski definition) is 1. The van der Waals surface area contributed by atoms with Crippen molar-refractivity contribution in [2.45, 2.75) is 89.7 Å². The van der Waals surface area contributed by atoms with Crippen LogP contribution in [0.5, 0.6) is 0 Å². The number of ether oxygens (including phenoxy) is 2. The van der Waals surface area contributed by atoms with Gasteiger partial charge >= 0.3 is 11.9 Å². The smallest absolute Gasteiger partial charge is 0.306 e. The molecular weight excluding hydrogens is 484 g/mol. The molecule has 0 bridgehead atoms. The molecule has 1 N–H and O–H groups in total. The van der Waals surface area contributed by atoms with Gasteiger partial charge in [0.25, 0.3) is 0 Å². The number of ketones is 2. The lowest BCUT2D eigenvalue weighted by Crippen LogP contribution is -2.69. The molecule has 0 radical (unpaired) electrons. The van der Waals surface area contributed by atoms with E-state index >= 15 is 0 Å². The van der Waals surface area contributed by atoms with Crippen LogP contribution in [0.25, 0.3) is 0 Å². The third kappa shape index (κ3) is 3.48. The third-order valence-electron chi connectivity index (χ3n) is 9.81. The molecule has 0 spiro atoms. The number of hydrogen-bond acceptors (Lipinski definition) is 7. The maximum atomic E-state index is 13.9. The van der Waals surface area contributed by atoms with Gasteiger partial charge in [-0.05, 0) is 49.7 Å². The van der Waals surface area contributed by atoms with E-state index in [0.717, 1.165) is 5.57 Å². The highest BCUT2D eigenvalue weighted by Crippen LogP contribution is 2.72. The molecular formula is C28H37ClO7. The van der Waals surface area contributed by atoms with Crippen LogP contribution in [0, 0.1) is 28.6 Å². The van der Waals surface area contributed by atoms with Gasteiger partial charge in [-0.3, -0.25) is 19.2 Å². The topological polar surface area (TPSA) is 107 Å². The average molecular weight is 521 g/mol. The molecule has 0 aromatic rings. The van der Waals surface area contributed by atoms with Gasteiger partial charge in [-0.1, -0.05) is 46.3 Å². The summed E-state index contributed by atoms with van der Waals surface area (Å²) in [4.78, 5) is 49.5. The van der Waals surface area contributed by atoms with Crippen molar-refractivity contribution >= 4 is 35.1 Å². The van der Waals surface area contributed by atoms with Crippen molar-refractivity contribution in [3.8, 4) is 0 Å². The van der Waals surface area contributed by atoms with Gasteiger partial charge in [-0.2, -0.15) is 0 Å². The van der Waals surface area contributed by atoms with Crippen LogP contribution in [-0.2, 0) is 28.7 Å². The summed E-state index contributed by atoms with van der Waals surface area (Å²) < 4.78 is 11.3. The molecule has 198 valence electrons. The van der Waals surface area contributed by atoms with Crippen molar-refractivity contribution in [2.24, 2.45) is 28.6 Å². The van der Waals surface area contributed by atoms with E-state index in [1.807, 2.05) is 26.8 Å². The van der Waals surface area contributed by atoms with Crippen LogP contribution in [0.3, 0.4) is 0 Å². The van der Waals surface area contributed by atoms with Gasteiger partial charge in [0.15, 0.2) is 18.0 Å². The first-order valence-electron chi connectivity index (χ1n) is 13.0. The predicted octanol–water partition coefficient (Wildman–Crippen LogP) is 4.09. The monoisotopic (exact) mass is 520 g/mol. The maximum Gasteiger partial charge on any atom is 0.306 e. The Morgan fingerprint density at radius 3 is 2.44 bits per heavy atom. The van der Waals surface area contributed by atoms with Crippen molar-refractivity contribution in [2.75, 3.05) is 6.61 Å². The Morgan fingerprint density at radius 1 is 1.14 bits per heavy atom. The van der Waals surface area contributed by atoms with E-state index in [1.165, 1.54) is 6.08 Å². The molecule has 0 aliphatic heterocycles.